The maximum atomic E-state index is 12.4. The second kappa shape index (κ2) is 5.31. The molecular weight excluding hydrogens is 318 g/mol. The first-order valence-electron chi connectivity index (χ1n) is 7.80. The molecule has 0 amide bonds. The molecular formula is C19H15N3O3. The van der Waals surface area contributed by atoms with Crippen LogP contribution in [0.3, 0.4) is 0 Å². The molecule has 124 valence electrons. The molecule has 3 aromatic heterocycles. The summed E-state index contributed by atoms with van der Waals surface area (Å²) in [5.41, 5.74) is 4.79. The molecule has 0 bridgehead atoms. The number of rotatable bonds is 2. The Balaban J connectivity index is 2.03. The van der Waals surface area contributed by atoms with Gasteiger partial charge in [0, 0.05) is 11.6 Å². The van der Waals surface area contributed by atoms with Crippen LogP contribution in [0.4, 0.5) is 0 Å². The molecule has 2 N–H and O–H groups in total. The van der Waals surface area contributed by atoms with Crippen molar-refractivity contribution in [2.75, 3.05) is 0 Å². The van der Waals surface area contributed by atoms with Gasteiger partial charge in [-0.25, -0.2) is 4.79 Å². The summed E-state index contributed by atoms with van der Waals surface area (Å²) in [7, 11) is 0. The lowest BCUT2D eigenvalue weighted by molar-refractivity contribution is 0.0695. The number of hydrogen-bond donors (Lipinski definition) is 2. The highest BCUT2D eigenvalue weighted by Gasteiger charge is 2.15. The van der Waals surface area contributed by atoms with Crippen molar-refractivity contribution >= 4 is 22.4 Å². The van der Waals surface area contributed by atoms with E-state index in [-0.39, 0.29) is 5.56 Å². The van der Waals surface area contributed by atoms with Crippen LogP contribution in [-0.4, -0.2) is 25.7 Å². The highest BCUT2D eigenvalue weighted by molar-refractivity contribution is 5.89. The Kier molecular flexibility index (Phi) is 3.21. The van der Waals surface area contributed by atoms with E-state index in [2.05, 4.69) is 10.2 Å². The van der Waals surface area contributed by atoms with Crippen molar-refractivity contribution in [1.29, 1.82) is 0 Å². The number of nitrogens with zero attached hydrogens (tertiary/aromatic N) is 2. The Morgan fingerprint density at radius 2 is 2.00 bits per heavy atom. The molecule has 0 saturated heterocycles. The fourth-order valence-electron chi connectivity index (χ4n) is 3.37. The van der Waals surface area contributed by atoms with Crippen molar-refractivity contribution in [3.8, 4) is 11.1 Å². The van der Waals surface area contributed by atoms with Crippen LogP contribution in [0.25, 0.3) is 27.5 Å². The molecule has 6 heteroatoms. The molecule has 3 heterocycles. The minimum absolute atomic E-state index is 0.233. The van der Waals surface area contributed by atoms with Gasteiger partial charge in [-0.05, 0) is 60.4 Å². The number of carbonyl (C=O) groups is 1. The number of aromatic nitrogens is 3. The quantitative estimate of drug-likeness (QED) is 0.590. The Hall–Kier alpha value is -3.41. The second-order valence-electron chi connectivity index (χ2n) is 6.10. The van der Waals surface area contributed by atoms with Crippen LogP contribution in [0.15, 0.2) is 47.5 Å². The van der Waals surface area contributed by atoms with Gasteiger partial charge in [0.25, 0.3) is 5.56 Å². The fraction of sp³-hybridized carbons (Fsp3) is 0.105. The summed E-state index contributed by atoms with van der Waals surface area (Å²) in [5.74, 6) is -1.22. The molecule has 0 atom stereocenters. The van der Waals surface area contributed by atoms with Crippen LogP contribution in [0, 0.1) is 13.8 Å². The van der Waals surface area contributed by atoms with E-state index in [4.69, 9.17) is 5.11 Å². The summed E-state index contributed by atoms with van der Waals surface area (Å²) in [6.45, 7) is 3.86. The van der Waals surface area contributed by atoms with E-state index in [0.717, 1.165) is 33.2 Å². The normalized spacial score (nSPS) is 11.3. The lowest BCUT2D eigenvalue weighted by Gasteiger charge is -2.15. The molecule has 0 aliphatic heterocycles. The first kappa shape index (κ1) is 15.1. The number of nitrogens with one attached hydrogen (secondary N) is 1. The van der Waals surface area contributed by atoms with Crippen LogP contribution < -0.4 is 5.56 Å². The SMILES string of the molecule is Cc1cn2c(=O)c(C(=O)O)ccc2c(C)c1-c1ccc2[nH]ncc2c1. The first-order valence-corrected chi connectivity index (χ1v) is 7.80. The summed E-state index contributed by atoms with van der Waals surface area (Å²) in [6, 6.07) is 9.08. The molecule has 0 aliphatic carbocycles. The zero-order valence-corrected chi connectivity index (χ0v) is 13.7. The van der Waals surface area contributed by atoms with Gasteiger partial charge in [0.1, 0.15) is 5.56 Å². The second-order valence-corrected chi connectivity index (χ2v) is 6.10. The largest absolute Gasteiger partial charge is 0.477 e. The van der Waals surface area contributed by atoms with Gasteiger partial charge in [-0.1, -0.05) is 6.07 Å². The third kappa shape index (κ3) is 2.22. The average Bonchev–Trinajstić information content (AvgIpc) is 3.03. The molecule has 0 radical (unpaired) electrons. The smallest absolute Gasteiger partial charge is 0.341 e. The van der Waals surface area contributed by atoms with E-state index in [9.17, 15) is 9.59 Å². The number of H-pyrrole nitrogens is 1. The van der Waals surface area contributed by atoms with Crippen molar-refractivity contribution in [2.45, 2.75) is 13.8 Å². The molecule has 4 aromatic rings. The molecule has 25 heavy (non-hydrogen) atoms. The Labute approximate surface area is 142 Å². The lowest BCUT2D eigenvalue weighted by atomic mass is 9.95. The number of benzene rings is 1. The van der Waals surface area contributed by atoms with Gasteiger partial charge in [-0.15, -0.1) is 0 Å². The summed E-state index contributed by atoms with van der Waals surface area (Å²) in [6.07, 6.45) is 3.47. The standard InChI is InChI=1S/C19H15N3O3/c1-10-9-22-16(6-4-14(18(22)23)19(24)25)11(2)17(10)12-3-5-15-13(7-12)8-20-21-15/h3-9H,1-2H3,(H,20,21)(H,24,25). The number of fused-ring (bicyclic) bond motifs is 2. The molecule has 0 aliphatic rings. The Morgan fingerprint density at radius 1 is 1.20 bits per heavy atom. The number of hydrogen-bond acceptors (Lipinski definition) is 3. The Morgan fingerprint density at radius 3 is 2.76 bits per heavy atom. The summed E-state index contributed by atoms with van der Waals surface area (Å²) in [5, 5.41) is 17.1. The van der Waals surface area contributed by atoms with Crippen LogP contribution in [-0.2, 0) is 0 Å². The van der Waals surface area contributed by atoms with Crippen molar-refractivity contribution in [2.24, 2.45) is 0 Å². The number of carboxylic acid groups (broad SMARTS) is 1. The van der Waals surface area contributed by atoms with Crippen molar-refractivity contribution in [1.82, 2.24) is 14.6 Å². The third-order valence-corrected chi connectivity index (χ3v) is 4.55. The molecule has 4 rings (SSSR count). The van der Waals surface area contributed by atoms with Gasteiger partial charge in [-0.3, -0.25) is 14.3 Å². The maximum absolute atomic E-state index is 12.4. The van der Waals surface area contributed by atoms with Crippen LogP contribution >= 0.6 is 0 Å². The van der Waals surface area contributed by atoms with Crippen molar-refractivity contribution < 1.29 is 9.90 Å². The van der Waals surface area contributed by atoms with Crippen molar-refractivity contribution in [3.05, 3.63) is 69.8 Å². The predicted molar refractivity (Wildman–Crippen MR) is 95.2 cm³/mol. The number of aromatic carboxylic acids is 1. The Bertz CT molecular complexity index is 1220. The lowest BCUT2D eigenvalue weighted by Crippen LogP contribution is -2.22. The highest BCUT2D eigenvalue weighted by Crippen LogP contribution is 2.31. The molecule has 0 fully saturated rings. The maximum Gasteiger partial charge on any atom is 0.341 e. The van der Waals surface area contributed by atoms with Gasteiger partial charge in [0.2, 0.25) is 0 Å². The average molecular weight is 333 g/mol. The monoisotopic (exact) mass is 333 g/mol. The molecule has 0 spiro atoms. The zero-order chi connectivity index (χ0) is 17.7. The first-order chi connectivity index (χ1) is 12.0. The van der Waals surface area contributed by atoms with E-state index < -0.39 is 11.5 Å². The minimum Gasteiger partial charge on any atom is -0.477 e. The fourth-order valence-corrected chi connectivity index (χ4v) is 3.37. The van der Waals surface area contributed by atoms with E-state index in [1.807, 2.05) is 32.0 Å². The summed E-state index contributed by atoms with van der Waals surface area (Å²) < 4.78 is 1.41. The van der Waals surface area contributed by atoms with E-state index in [1.165, 1.54) is 10.5 Å². The van der Waals surface area contributed by atoms with E-state index >= 15 is 0 Å². The van der Waals surface area contributed by atoms with Crippen LogP contribution in [0.1, 0.15) is 21.5 Å². The van der Waals surface area contributed by atoms with Gasteiger partial charge >= 0.3 is 5.97 Å². The topological polar surface area (TPSA) is 87.5 Å². The van der Waals surface area contributed by atoms with Crippen molar-refractivity contribution in [3.63, 3.8) is 0 Å². The highest BCUT2D eigenvalue weighted by atomic mass is 16.4. The number of pyridine rings is 2. The number of carboxylic acids is 1. The molecule has 1 aromatic carbocycles. The van der Waals surface area contributed by atoms with Crippen LogP contribution in [0.2, 0.25) is 0 Å². The van der Waals surface area contributed by atoms with Gasteiger partial charge < -0.3 is 5.11 Å². The molecule has 0 unspecified atom stereocenters. The van der Waals surface area contributed by atoms with Gasteiger partial charge in [0.05, 0.1) is 17.2 Å². The summed E-state index contributed by atoms with van der Waals surface area (Å²) >= 11 is 0. The van der Waals surface area contributed by atoms with E-state index in [1.54, 1.807) is 18.5 Å². The van der Waals surface area contributed by atoms with Gasteiger partial charge in [0.15, 0.2) is 0 Å². The van der Waals surface area contributed by atoms with Crippen LogP contribution in [0.5, 0.6) is 0 Å². The minimum atomic E-state index is -1.22. The zero-order valence-electron chi connectivity index (χ0n) is 13.7. The molecule has 0 saturated carbocycles. The van der Waals surface area contributed by atoms with E-state index in [0.29, 0.717) is 5.52 Å². The number of aromatic amines is 1. The van der Waals surface area contributed by atoms with Gasteiger partial charge in [-0.2, -0.15) is 5.10 Å². The predicted octanol–water partition coefficient (Wildman–Crippen LogP) is 3.16. The summed E-state index contributed by atoms with van der Waals surface area (Å²) in [4.78, 5) is 23.6. The number of aryl methyl sites for hydroxylation is 2. The third-order valence-electron chi connectivity index (χ3n) is 4.55. The molecule has 6 nitrogen and oxygen atoms in total.